The molecule has 1 heterocycles. The Kier molecular flexibility index (Phi) is 5.15. The Morgan fingerprint density at radius 3 is 3.16 bits per heavy atom. The van der Waals surface area contributed by atoms with Crippen molar-refractivity contribution in [3.63, 3.8) is 0 Å². The van der Waals surface area contributed by atoms with Crippen LogP contribution >= 0.6 is 27.3 Å². The lowest BCUT2D eigenvalue weighted by molar-refractivity contribution is -0.143. The van der Waals surface area contributed by atoms with Crippen molar-refractivity contribution in [2.75, 3.05) is 18.5 Å². The van der Waals surface area contributed by atoms with Crippen molar-refractivity contribution in [1.82, 2.24) is 4.98 Å². The maximum atomic E-state index is 11.2. The molecule has 0 unspecified atom stereocenters. The van der Waals surface area contributed by atoms with E-state index in [1.165, 1.54) is 0 Å². The van der Waals surface area contributed by atoms with Crippen LogP contribution < -0.4 is 5.32 Å². The van der Waals surface area contributed by atoms with Crippen molar-refractivity contribution >= 4 is 48.6 Å². The lowest BCUT2D eigenvalue weighted by Crippen LogP contribution is -2.07. The highest BCUT2D eigenvalue weighted by atomic mass is 79.9. The van der Waals surface area contributed by atoms with Crippen molar-refractivity contribution in [3.05, 3.63) is 22.7 Å². The van der Waals surface area contributed by atoms with E-state index in [2.05, 4.69) is 32.3 Å². The Morgan fingerprint density at radius 2 is 2.37 bits per heavy atom. The molecule has 0 bridgehead atoms. The molecule has 0 aliphatic carbocycles. The van der Waals surface area contributed by atoms with Gasteiger partial charge in [0.1, 0.15) is 0 Å². The second kappa shape index (κ2) is 6.86. The first-order valence-electron chi connectivity index (χ1n) is 6.14. The molecule has 0 saturated heterocycles. The number of rotatable bonds is 6. The average Bonchev–Trinajstić information content (AvgIpc) is 2.77. The monoisotopic (exact) mass is 342 g/mol. The number of carbonyl (C=O) groups excluding carboxylic acids is 1. The molecule has 0 atom stereocenters. The lowest BCUT2D eigenvalue weighted by Gasteiger charge is -2.02. The number of fused-ring (bicyclic) bond motifs is 1. The third-order valence-electron chi connectivity index (χ3n) is 2.49. The Morgan fingerprint density at radius 1 is 1.53 bits per heavy atom. The van der Waals surface area contributed by atoms with Crippen LogP contribution in [0, 0.1) is 0 Å². The highest BCUT2D eigenvalue weighted by Crippen LogP contribution is 2.28. The van der Waals surface area contributed by atoms with Crippen molar-refractivity contribution < 1.29 is 9.53 Å². The number of esters is 1. The third kappa shape index (κ3) is 4.18. The molecule has 19 heavy (non-hydrogen) atoms. The molecule has 1 aromatic carbocycles. The summed E-state index contributed by atoms with van der Waals surface area (Å²) in [5.74, 6) is -0.141. The van der Waals surface area contributed by atoms with E-state index in [1.807, 2.05) is 19.1 Å². The van der Waals surface area contributed by atoms with E-state index in [4.69, 9.17) is 4.74 Å². The van der Waals surface area contributed by atoms with Gasteiger partial charge in [0.25, 0.3) is 0 Å². The van der Waals surface area contributed by atoms with Crippen LogP contribution in [0.15, 0.2) is 22.7 Å². The molecule has 2 rings (SSSR count). The molecule has 6 heteroatoms. The number of hydrogen-bond acceptors (Lipinski definition) is 5. The first-order chi connectivity index (χ1) is 9.19. The van der Waals surface area contributed by atoms with Gasteiger partial charge < -0.3 is 10.1 Å². The second-order valence-electron chi connectivity index (χ2n) is 3.97. The third-order valence-corrected chi connectivity index (χ3v) is 3.96. The largest absolute Gasteiger partial charge is 0.466 e. The molecular formula is C13H15BrN2O2S. The van der Waals surface area contributed by atoms with Crippen LogP contribution in [0.5, 0.6) is 0 Å². The van der Waals surface area contributed by atoms with Crippen molar-refractivity contribution in [2.45, 2.75) is 19.8 Å². The zero-order chi connectivity index (χ0) is 13.7. The normalized spacial score (nSPS) is 10.6. The minimum absolute atomic E-state index is 0.141. The predicted octanol–water partition coefficient (Wildman–Crippen LogP) is 3.81. The summed E-state index contributed by atoms with van der Waals surface area (Å²) in [7, 11) is 0. The molecule has 2 aromatic rings. The molecule has 0 aliphatic heterocycles. The maximum Gasteiger partial charge on any atom is 0.305 e. The van der Waals surface area contributed by atoms with Gasteiger partial charge in [0.05, 0.1) is 16.8 Å². The van der Waals surface area contributed by atoms with E-state index in [1.54, 1.807) is 11.3 Å². The van der Waals surface area contributed by atoms with Crippen molar-refractivity contribution in [3.8, 4) is 0 Å². The highest BCUT2D eigenvalue weighted by Gasteiger charge is 2.05. The van der Waals surface area contributed by atoms with Gasteiger partial charge in [0, 0.05) is 17.4 Å². The first-order valence-corrected chi connectivity index (χ1v) is 7.75. The summed E-state index contributed by atoms with van der Waals surface area (Å²) in [6.07, 6.45) is 1.19. The summed E-state index contributed by atoms with van der Waals surface area (Å²) in [5.41, 5.74) is 0.987. The van der Waals surface area contributed by atoms with Crippen LogP contribution in [0.25, 0.3) is 10.2 Å². The Bertz CT molecular complexity index is 571. The molecule has 0 aliphatic rings. The van der Waals surface area contributed by atoms with Gasteiger partial charge in [-0.3, -0.25) is 4.79 Å². The zero-order valence-corrected chi connectivity index (χ0v) is 13.0. The van der Waals surface area contributed by atoms with Crippen LogP contribution in [-0.2, 0) is 9.53 Å². The Balaban J connectivity index is 1.83. The number of anilines is 1. The molecule has 0 amide bonds. The zero-order valence-electron chi connectivity index (χ0n) is 10.6. The van der Waals surface area contributed by atoms with E-state index in [0.29, 0.717) is 13.0 Å². The number of thiazole rings is 1. The average molecular weight is 343 g/mol. The van der Waals surface area contributed by atoms with Gasteiger partial charge in [-0.05, 0) is 31.5 Å². The Hall–Kier alpha value is -1.14. The number of carbonyl (C=O) groups is 1. The van der Waals surface area contributed by atoms with Gasteiger partial charge in [-0.1, -0.05) is 27.3 Å². The number of aromatic nitrogens is 1. The minimum Gasteiger partial charge on any atom is -0.466 e. The Labute approximate surface area is 124 Å². The molecule has 0 radical (unpaired) electrons. The first kappa shape index (κ1) is 14.3. The number of ether oxygens (including phenoxy) is 1. The van der Waals surface area contributed by atoms with Gasteiger partial charge in [-0.2, -0.15) is 0 Å². The van der Waals surface area contributed by atoms with E-state index < -0.39 is 0 Å². The summed E-state index contributed by atoms with van der Waals surface area (Å²) < 4.78 is 7.06. The second-order valence-corrected chi connectivity index (χ2v) is 5.91. The van der Waals surface area contributed by atoms with E-state index in [-0.39, 0.29) is 5.97 Å². The maximum absolute atomic E-state index is 11.2. The van der Waals surface area contributed by atoms with Gasteiger partial charge in [-0.15, -0.1) is 0 Å². The molecule has 1 N–H and O–H groups in total. The fraction of sp³-hybridized carbons (Fsp3) is 0.385. The highest BCUT2D eigenvalue weighted by molar-refractivity contribution is 9.10. The fourth-order valence-corrected chi connectivity index (χ4v) is 3.08. The van der Waals surface area contributed by atoms with Crippen LogP contribution in [0.3, 0.4) is 0 Å². The predicted molar refractivity (Wildman–Crippen MR) is 81.7 cm³/mol. The number of nitrogens with one attached hydrogen (secondary N) is 1. The standard InChI is InChI=1S/C13H15BrN2O2S/c1-2-18-12(17)4-3-7-15-13-16-10-6-5-9(14)8-11(10)19-13/h5-6,8H,2-4,7H2,1H3,(H,15,16). The van der Waals surface area contributed by atoms with Gasteiger partial charge >= 0.3 is 5.97 Å². The summed E-state index contributed by atoms with van der Waals surface area (Å²) in [4.78, 5) is 15.6. The van der Waals surface area contributed by atoms with E-state index in [9.17, 15) is 4.79 Å². The lowest BCUT2D eigenvalue weighted by atomic mass is 10.3. The summed E-state index contributed by atoms with van der Waals surface area (Å²) >= 11 is 5.06. The van der Waals surface area contributed by atoms with Gasteiger partial charge in [0.2, 0.25) is 0 Å². The van der Waals surface area contributed by atoms with Crippen LogP contribution in [0.1, 0.15) is 19.8 Å². The number of halogens is 1. The quantitative estimate of drug-likeness (QED) is 0.640. The topological polar surface area (TPSA) is 51.2 Å². The SMILES string of the molecule is CCOC(=O)CCCNc1nc2ccc(Br)cc2s1. The number of nitrogens with zero attached hydrogens (tertiary/aromatic N) is 1. The van der Waals surface area contributed by atoms with Crippen LogP contribution in [-0.4, -0.2) is 24.1 Å². The molecule has 1 aromatic heterocycles. The van der Waals surface area contributed by atoms with Crippen LogP contribution in [0.2, 0.25) is 0 Å². The summed E-state index contributed by atoms with van der Waals surface area (Å²) in [5, 5.41) is 4.12. The smallest absolute Gasteiger partial charge is 0.305 e. The van der Waals surface area contributed by atoms with Crippen molar-refractivity contribution in [1.29, 1.82) is 0 Å². The molecular weight excluding hydrogens is 328 g/mol. The molecule has 0 fully saturated rings. The number of hydrogen-bond donors (Lipinski definition) is 1. The number of benzene rings is 1. The van der Waals surface area contributed by atoms with Crippen molar-refractivity contribution in [2.24, 2.45) is 0 Å². The molecule has 0 saturated carbocycles. The van der Waals surface area contributed by atoms with Crippen LogP contribution in [0.4, 0.5) is 5.13 Å². The van der Waals surface area contributed by atoms with E-state index in [0.717, 1.165) is 32.8 Å². The van der Waals surface area contributed by atoms with Gasteiger partial charge in [-0.25, -0.2) is 4.98 Å². The summed E-state index contributed by atoms with van der Waals surface area (Å²) in [6, 6.07) is 6.02. The molecule has 4 nitrogen and oxygen atoms in total. The summed E-state index contributed by atoms with van der Waals surface area (Å²) in [6.45, 7) is 2.98. The minimum atomic E-state index is -0.141. The van der Waals surface area contributed by atoms with Gasteiger partial charge in [0.15, 0.2) is 5.13 Å². The van der Waals surface area contributed by atoms with E-state index >= 15 is 0 Å². The fourth-order valence-electron chi connectivity index (χ4n) is 1.64. The molecule has 102 valence electrons. The molecule has 0 spiro atoms.